The topological polar surface area (TPSA) is 78.8 Å². The van der Waals surface area contributed by atoms with E-state index in [0.29, 0.717) is 23.1 Å². The van der Waals surface area contributed by atoms with Crippen molar-refractivity contribution in [2.24, 2.45) is 0 Å². The monoisotopic (exact) mass is 383 g/mol. The van der Waals surface area contributed by atoms with Crippen LogP contribution in [0.5, 0.6) is 0 Å². The first kappa shape index (κ1) is 16.7. The highest BCUT2D eigenvalue weighted by atomic mass is 32.1. The van der Waals surface area contributed by atoms with Crippen molar-refractivity contribution in [3.8, 4) is 17.3 Å². The van der Waals surface area contributed by atoms with Crippen LogP contribution in [-0.4, -0.2) is 16.5 Å². The average Bonchev–Trinajstić information content (AvgIpc) is 3.07. The second-order valence-corrected chi connectivity index (χ2v) is 7.92. The third-order valence-electron chi connectivity index (χ3n) is 5.12. The summed E-state index contributed by atoms with van der Waals surface area (Å²) in [5.74, 6) is 0.716. The van der Waals surface area contributed by atoms with Crippen LogP contribution in [0.3, 0.4) is 0 Å². The lowest BCUT2D eigenvalue weighted by molar-refractivity contribution is 0.721. The number of thiophene rings is 1. The second kappa shape index (κ2) is 6.63. The molecule has 1 aliphatic rings. The smallest absolute Gasteiger partial charge is 0.226 e. The molecule has 0 amide bonds. The van der Waals surface area contributed by atoms with Crippen molar-refractivity contribution in [1.29, 1.82) is 5.26 Å². The molecule has 0 fully saturated rings. The maximum Gasteiger partial charge on any atom is 0.226 e. The van der Waals surface area contributed by atoms with Crippen molar-refractivity contribution in [3.05, 3.63) is 70.6 Å². The lowest BCUT2D eigenvalue weighted by Crippen LogP contribution is -2.31. The summed E-state index contributed by atoms with van der Waals surface area (Å²) in [6.45, 7) is 1.45. The number of nitrogens with zero attached hydrogens (tertiary/aromatic N) is 4. The highest BCUT2D eigenvalue weighted by Gasteiger charge is 2.25. The molecule has 0 radical (unpaired) electrons. The van der Waals surface area contributed by atoms with Gasteiger partial charge in [0, 0.05) is 22.4 Å². The number of anilines is 2. The van der Waals surface area contributed by atoms with Crippen LogP contribution in [0.25, 0.3) is 22.2 Å². The van der Waals surface area contributed by atoms with E-state index in [-0.39, 0.29) is 0 Å². The van der Waals surface area contributed by atoms with Crippen LogP contribution in [-0.2, 0) is 13.0 Å². The number of hydrogen-bond donors (Lipinski definition) is 1. The van der Waals surface area contributed by atoms with Gasteiger partial charge in [0.15, 0.2) is 0 Å². The highest BCUT2D eigenvalue weighted by molar-refractivity contribution is 7.16. The summed E-state index contributed by atoms with van der Waals surface area (Å²) >= 11 is 1.50. The first-order valence-corrected chi connectivity index (χ1v) is 9.93. The number of benzene rings is 2. The summed E-state index contributed by atoms with van der Waals surface area (Å²) in [7, 11) is 0. The minimum Gasteiger partial charge on any atom is -0.389 e. The van der Waals surface area contributed by atoms with E-state index in [4.69, 9.17) is 15.7 Å². The Balaban J connectivity index is 1.61. The van der Waals surface area contributed by atoms with E-state index >= 15 is 0 Å². The van der Waals surface area contributed by atoms with E-state index < -0.39 is 0 Å². The predicted octanol–water partition coefficient (Wildman–Crippen LogP) is 4.37. The molecule has 0 bridgehead atoms. The van der Waals surface area contributed by atoms with Gasteiger partial charge < -0.3 is 10.6 Å². The number of nitrogen functional groups attached to an aromatic ring is 1. The van der Waals surface area contributed by atoms with Crippen LogP contribution in [0.2, 0.25) is 0 Å². The Morgan fingerprint density at radius 2 is 1.82 bits per heavy atom. The largest absolute Gasteiger partial charge is 0.389 e. The molecule has 3 heterocycles. The summed E-state index contributed by atoms with van der Waals surface area (Å²) < 4.78 is 0. The number of rotatable bonds is 2. The van der Waals surface area contributed by atoms with Gasteiger partial charge in [0.05, 0.1) is 23.3 Å². The Kier molecular flexibility index (Phi) is 3.96. The lowest BCUT2D eigenvalue weighted by Gasteiger charge is -2.27. The summed E-state index contributed by atoms with van der Waals surface area (Å²) in [4.78, 5) is 13.1. The zero-order valence-corrected chi connectivity index (χ0v) is 15.9. The molecule has 2 aromatic heterocycles. The fourth-order valence-electron chi connectivity index (χ4n) is 3.74. The van der Waals surface area contributed by atoms with Crippen molar-refractivity contribution in [1.82, 2.24) is 9.97 Å². The maximum absolute atomic E-state index is 9.37. The van der Waals surface area contributed by atoms with Crippen molar-refractivity contribution >= 4 is 33.2 Å². The molecule has 1 aliphatic heterocycles. The third kappa shape index (κ3) is 2.68. The minimum atomic E-state index is 0.610. The fourth-order valence-corrected chi connectivity index (χ4v) is 4.82. The molecule has 0 saturated carbocycles. The third-order valence-corrected chi connectivity index (χ3v) is 6.16. The molecule has 2 aromatic carbocycles. The summed E-state index contributed by atoms with van der Waals surface area (Å²) in [6, 6.07) is 20.6. The molecule has 5 rings (SSSR count). The molecular weight excluding hydrogens is 366 g/mol. The molecule has 0 aliphatic carbocycles. The van der Waals surface area contributed by atoms with E-state index in [2.05, 4.69) is 29.2 Å². The van der Waals surface area contributed by atoms with Gasteiger partial charge in [0.25, 0.3) is 0 Å². The number of aromatic nitrogens is 2. The first-order valence-electron chi connectivity index (χ1n) is 9.12. The van der Waals surface area contributed by atoms with Crippen molar-refractivity contribution in [2.45, 2.75) is 13.0 Å². The summed E-state index contributed by atoms with van der Waals surface area (Å²) in [6.07, 6.45) is 0.781. The molecule has 28 heavy (non-hydrogen) atoms. The van der Waals surface area contributed by atoms with Crippen LogP contribution in [0.4, 0.5) is 10.9 Å². The number of nitriles is 1. The normalized spacial score (nSPS) is 13.3. The summed E-state index contributed by atoms with van der Waals surface area (Å²) in [5.41, 5.74) is 10.7. The highest BCUT2D eigenvalue weighted by Crippen LogP contribution is 2.36. The SMILES string of the molecule is N#Cc1c(N)sc2c1CCN(c1nc(-c3ccccc3)c3ccccc3n1)C2. The van der Waals surface area contributed by atoms with E-state index in [0.717, 1.165) is 45.6 Å². The standard InChI is InChI=1S/C22H17N5S/c23-12-17-15-10-11-27(13-19(15)28-21(17)24)22-25-18-9-5-4-8-16(18)20(26-22)14-6-2-1-3-7-14/h1-9H,10-11,13,24H2. The van der Waals surface area contributed by atoms with E-state index in [1.54, 1.807) is 0 Å². The van der Waals surface area contributed by atoms with Crippen molar-refractivity contribution in [3.63, 3.8) is 0 Å². The molecule has 0 saturated heterocycles. The van der Waals surface area contributed by atoms with E-state index in [1.165, 1.54) is 11.3 Å². The quantitative estimate of drug-likeness (QED) is 0.556. The molecule has 5 nitrogen and oxygen atoms in total. The molecule has 4 aromatic rings. The van der Waals surface area contributed by atoms with Gasteiger partial charge in [-0.15, -0.1) is 11.3 Å². The van der Waals surface area contributed by atoms with Crippen LogP contribution >= 0.6 is 11.3 Å². The van der Waals surface area contributed by atoms with E-state index in [9.17, 15) is 5.26 Å². The molecule has 2 N–H and O–H groups in total. The van der Waals surface area contributed by atoms with Crippen LogP contribution in [0, 0.1) is 11.3 Å². The van der Waals surface area contributed by atoms with Crippen LogP contribution in [0.1, 0.15) is 16.0 Å². The van der Waals surface area contributed by atoms with Gasteiger partial charge in [-0.3, -0.25) is 0 Å². The number of fused-ring (bicyclic) bond motifs is 2. The van der Waals surface area contributed by atoms with Crippen LogP contribution < -0.4 is 10.6 Å². The lowest BCUT2D eigenvalue weighted by atomic mass is 10.0. The van der Waals surface area contributed by atoms with Gasteiger partial charge in [-0.05, 0) is 18.1 Å². The van der Waals surface area contributed by atoms with Gasteiger partial charge >= 0.3 is 0 Å². The number of nitrogens with two attached hydrogens (primary N) is 1. The van der Waals surface area contributed by atoms with E-state index in [1.807, 2.05) is 36.4 Å². The second-order valence-electron chi connectivity index (χ2n) is 6.78. The Bertz CT molecular complexity index is 1220. The Morgan fingerprint density at radius 3 is 2.64 bits per heavy atom. The Labute approximate surface area is 166 Å². The molecular formula is C22H17N5S. The zero-order chi connectivity index (χ0) is 19.1. The van der Waals surface area contributed by atoms with Gasteiger partial charge in [-0.25, -0.2) is 9.97 Å². The maximum atomic E-state index is 9.37. The summed E-state index contributed by atoms with van der Waals surface area (Å²) in [5, 5.41) is 11.0. The minimum absolute atomic E-state index is 0.610. The number of hydrogen-bond acceptors (Lipinski definition) is 6. The first-order chi connectivity index (χ1) is 13.7. The number of para-hydroxylation sites is 1. The van der Waals surface area contributed by atoms with Gasteiger partial charge in [0.2, 0.25) is 5.95 Å². The van der Waals surface area contributed by atoms with Gasteiger partial charge in [-0.2, -0.15) is 5.26 Å². The fraction of sp³-hybridized carbons (Fsp3) is 0.136. The molecule has 136 valence electrons. The molecule has 6 heteroatoms. The Morgan fingerprint density at radius 1 is 1.04 bits per heavy atom. The predicted molar refractivity (Wildman–Crippen MR) is 113 cm³/mol. The van der Waals surface area contributed by atoms with Crippen molar-refractivity contribution in [2.75, 3.05) is 17.2 Å². The molecule has 0 unspecified atom stereocenters. The van der Waals surface area contributed by atoms with Gasteiger partial charge in [0.1, 0.15) is 11.1 Å². The van der Waals surface area contributed by atoms with Crippen molar-refractivity contribution < 1.29 is 0 Å². The van der Waals surface area contributed by atoms with Gasteiger partial charge in [-0.1, -0.05) is 48.5 Å². The Hall–Kier alpha value is -3.43. The average molecular weight is 383 g/mol. The molecule has 0 spiro atoms. The van der Waals surface area contributed by atoms with Crippen LogP contribution in [0.15, 0.2) is 54.6 Å². The molecule has 0 atom stereocenters. The zero-order valence-electron chi connectivity index (χ0n) is 15.1.